The maximum absolute atomic E-state index is 13.4. The number of piperidine rings is 1. The van der Waals surface area contributed by atoms with Gasteiger partial charge < -0.3 is 14.7 Å². The van der Waals surface area contributed by atoms with Crippen LogP contribution in [0.4, 0.5) is 10.2 Å². The number of pyridine rings is 1. The second-order valence-electron chi connectivity index (χ2n) is 9.04. The number of benzene rings is 1. The molecule has 3 aliphatic rings. The van der Waals surface area contributed by atoms with Crippen LogP contribution in [0.1, 0.15) is 29.6 Å². The molecule has 2 saturated heterocycles. The lowest BCUT2D eigenvalue weighted by Gasteiger charge is -2.37. The largest absolute Gasteiger partial charge is 0.353 e. The number of carbonyl (C=O) groups excluding carboxylic acids is 2. The first kappa shape index (κ1) is 21.2. The van der Waals surface area contributed by atoms with Crippen LogP contribution in [-0.4, -0.2) is 65.9 Å². The number of amides is 2. The third-order valence-electron chi connectivity index (χ3n) is 7.27. The third-order valence-corrected chi connectivity index (χ3v) is 7.56. The Hall–Kier alpha value is -2.67. The second-order valence-corrected chi connectivity index (χ2v) is 9.45. The average Bonchev–Trinajstić information content (AvgIpc) is 3.54. The summed E-state index contributed by atoms with van der Waals surface area (Å²) in [6.07, 6.45) is 4.37. The van der Waals surface area contributed by atoms with Crippen molar-refractivity contribution >= 4 is 29.2 Å². The molecule has 1 aromatic carbocycles. The van der Waals surface area contributed by atoms with Gasteiger partial charge in [0.2, 0.25) is 5.91 Å². The lowest BCUT2D eigenvalue weighted by Crippen LogP contribution is -2.50. The summed E-state index contributed by atoms with van der Waals surface area (Å²) >= 11 is 5.83. The molecule has 0 radical (unpaired) electrons. The van der Waals surface area contributed by atoms with E-state index in [4.69, 9.17) is 11.6 Å². The van der Waals surface area contributed by atoms with Gasteiger partial charge >= 0.3 is 0 Å². The topological polar surface area (TPSA) is 56.8 Å². The van der Waals surface area contributed by atoms with E-state index in [1.54, 1.807) is 11.1 Å². The normalized spacial score (nSPS) is 22.2. The second kappa shape index (κ2) is 8.35. The van der Waals surface area contributed by atoms with Crippen LogP contribution in [0, 0.1) is 17.2 Å². The van der Waals surface area contributed by atoms with E-state index in [0.717, 1.165) is 51.3 Å². The molecule has 1 unspecified atom stereocenters. The standard InChI is InChI=1S/C24H26ClFN4O2/c25-19-15-17(4-5-20(19)26)22(31)29-9-6-24(7-10-29)16-18(24)23(32)30-13-11-28(12-14-30)21-3-1-2-8-27-21/h1-5,8,15,18H,6-7,9-14,16H2. The molecule has 1 aliphatic carbocycles. The molecule has 1 atom stereocenters. The van der Waals surface area contributed by atoms with Gasteiger partial charge in [-0.1, -0.05) is 17.7 Å². The molecule has 32 heavy (non-hydrogen) atoms. The fourth-order valence-electron chi connectivity index (χ4n) is 5.13. The minimum Gasteiger partial charge on any atom is -0.353 e. The van der Waals surface area contributed by atoms with Crippen LogP contribution >= 0.6 is 11.6 Å². The maximum Gasteiger partial charge on any atom is 0.253 e. The van der Waals surface area contributed by atoms with Gasteiger partial charge in [-0.05, 0) is 55.0 Å². The first-order valence-electron chi connectivity index (χ1n) is 11.2. The number of rotatable bonds is 3. The molecule has 2 aliphatic heterocycles. The van der Waals surface area contributed by atoms with Gasteiger partial charge in [-0.3, -0.25) is 9.59 Å². The Balaban J connectivity index is 1.14. The third kappa shape index (κ3) is 3.94. The van der Waals surface area contributed by atoms with Crippen molar-refractivity contribution in [3.05, 3.63) is 59.0 Å². The Kier molecular flexibility index (Phi) is 5.53. The minimum atomic E-state index is -0.527. The van der Waals surface area contributed by atoms with Crippen LogP contribution in [0.5, 0.6) is 0 Å². The highest BCUT2D eigenvalue weighted by atomic mass is 35.5. The molecule has 0 N–H and O–H groups in total. The number of piperazine rings is 1. The number of halogens is 2. The molecule has 2 amide bonds. The molecule has 0 bridgehead atoms. The van der Waals surface area contributed by atoms with Crippen molar-refractivity contribution in [2.24, 2.45) is 11.3 Å². The van der Waals surface area contributed by atoms with E-state index in [9.17, 15) is 14.0 Å². The summed E-state index contributed by atoms with van der Waals surface area (Å²) in [6.45, 7) is 4.27. The highest BCUT2D eigenvalue weighted by molar-refractivity contribution is 6.31. The zero-order chi connectivity index (χ0) is 22.3. The van der Waals surface area contributed by atoms with E-state index in [-0.39, 0.29) is 28.2 Å². The molecule has 1 saturated carbocycles. The van der Waals surface area contributed by atoms with Crippen molar-refractivity contribution in [3.63, 3.8) is 0 Å². The molecule has 3 fully saturated rings. The zero-order valence-electron chi connectivity index (χ0n) is 17.8. The van der Waals surface area contributed by atoms with Crippen LogP contribution in [-0.2, 0) is 4.79 Å². The first-order valence-corrected chi connectivity index (χ1v) is 11.5. The Labute approximate surface area is 192 Å². The predicted octanol–water partition coefficient (Wildman–Crippen LogP) is 3.47. The van der Waals surface area contributed by atoms with Crippen LogP contribution in [0.25, 0.3) is 0 Å². The molecular formula is C24H26ClFN4O2. The van der Waals surface area contributed by atoms with Gasteiger partial charge in [-0.15, -0.1) is 0 Å². The van der Waals surface area contributed by atoms with Crippen molar-refractivity contribution in [1.82, 2.24) is 14.8 Å². The Bertz CT molecular complexity index is 1020. The van der Waals surface area contributed by atoms with Gasteiger partial charge in [0.1, 0.15) is 11.6 Å². The molecule has 3 heterocycles. The van der Waals surface area contributed by atoms with Crippen LogP contribution in [0.15, 0.2) is 42.6 Å². The van der Waals surface area contributed by atoms with E-state index in [1.165, 1.54) is 18.2 Å². The van der Waals surface area contributed by atoms with Crippen LogP contribution in [0.2, 0.25) is 5.02 Å². The van der Waals surface area contributed by atoms with Crippen LogP contribution < -0.4 is 4.90 Å². The first-order chi connectivity index (χ1) is 15.5. The van der Waals surface area contributed by atoms with E-state index in [2.05, 4.69) is 9.88 Å². The number of hydrogen-bond donors (Lipinski definition) is 0. The Morgan fingerprint density at radius 2 is 1.75 bits per heavy atom. The number of hydrogen-bond acceptors (Lipinski definition) is 4. The van der Waals surface area contributed by atoms with Crippen molar-refractivity contribution in [1.29, 1.82) is 0 Å². The molecule has 8 heteroatoms. The Morgan fingerprint density at radius 1 is 1.00 bits per heavy atom. The maximum atomic E-state index is 13.4. The van der Waals surface area contributed by atoms with Crippen molar-refractivity contribution in [2.75, 3.05) is 44.2 Å². The zero-order valence-corrected chi connectivity index (χ0v) is 18.6. The molecule has 6 nitrogen and oxygen atoms in total. The van der Waals surface area contributed by atoms with Crippen LogP contribution in [0.3, 0.4) is 0 Å². The molecular weight excluding hydrogens is 431 g/mol. The van der Waals surface area contributed by atoms with Gasteiger partial charge in [0.25, 0.3) is 5.91 Å². The summed E-state index contributed by atoms with van der Waals surface area (Å²) in [4.78, 5) is 36.3. The van der Waals surface area contributed by atoms with E-state index in [1.807, 2.05) is 23.1 Å². The van der Waals surface area contributed by atoms with E-state index in [0.29, 0.717) is 18.7 Å². The van der Waals surface area contributed by atoms with Crippen molar-refractivity contribution < 1.29 is 14.0 Å². The molecule has 5 rings (SSSR count). The molecule has 1 spiro atoms. The number of carbonyl (C=O) groups is 2. The number of anilines is 1. The van der Waals surface area contributed by atoms with Gasteiger partial charge in [-0.25, -0.2) is 9.37 Å². The van der Waals surface area contributed by atoms with Crippen molar-refractivity contribution in [3.8, 4) is 0 Å². The predicted molar refractivity (Wildman–Crippen MR) is 120 cm³/mol. The van der Waals surface area contributed by atoms with E-state index < -0.39 is 5.82 Å². The highest BCUT2D eigenvalue weighted by Gasteiger charge is 2.59. The fraction of sp³-hybridized carbons (Fsp3) is 0.458. The summed E-state index contributed by atoms with van der Waals surface area (Å²) in [5, 5.41) is -0.0414. The van der Waals surface area contributed by atoms with Gasteiger partial charge in [-0.2, -0.15) is 0 Å². The molecule has 2 aromatic rings. The monoisotopic (exact) mass is 456 g/mol. The Morgan fingerprint density at radius 3 is 2.41 bits per heavy atom. The number of nitrogens with zero attached hydrogens (tertiary/aromatic N) is 4. The number of likely N-dealkylation sites (tertiary alicyclic amines) is 1. The van der Waals surface area contributed by atoms with Gasteiger partial charge in [0.05, 0.1) is 5.02 Å². The smallest absolute Gasteiger partial charge is 0.253 e. The summed E-state index contributed by atoms with van der Waals surface area (Å²) in [6, 6.07) is 9.98. The number of aromatic nitrogens is 1. The lowest BCUT2D eigenvalue weighted by molar-refractivity contribution is -0.134. The van der Waals surface area contributed by atoms with E-state index >= 15 is 0 Å². The summed E-state index contributed by atoms with van der Waals surface area (Å²) in [5.41, 5.74) is 0.438. The van der Waals surface area contributed by atoms with Crippen molar-refractivity contribution in [2.45, 2.75) is 19.3 Å². The summed E-state index contributed by atoms with van der Waals surface area (Å²) < 4.78 is 13.4. The quantitative estimate of drug-likeness (QED) is 0.709. The fourth-order valence-corrected chi connectivity index (χ4v) is 5.31. The van der Waals surface area contributed by atoms with Gasteiger partial charge in [0, 0.05) is 56.9 Å². The minimum absolute atomic E-state index is 0.0342. The lowest BCUT2D eigenvalue weighted by atomic mass is 9.90. The SMILES string of the molecule is O=C(c1ccc(F)c(Cl)c1)N1CCC2(CC1)CC2C(=O)N1CCN(c2ccccn2)CC1. The summed E-state index contributed by atoms with van der Waals surface area (Å²) in [7, 11) is 0. The molecule has 1 aromatic heterocycles. The molecule has 168 valence electrons. The highest BCUT2D eigenvalue weighted by Crippen LogP contribution is 2.60. The average molecular weight is 457 g/mol. The van der Waals surface area contributed by atoms with Gasteiger partial charge in [0.15, 0.2) is 0 Å². The summed E-state index contributed by atoms with van der Waals surface area (Å²) in [5.74, 6) is 0.635.